The number of hydrogen-bond donors (Lipinski definition) is 0. The maximum Gasteiger partial charge on any atom is 0.573 e. The van der Waals surface area contributed by atoms with Crippen LogP contribution in [0.1, 0.15) is 0 Å². The maximum atomic E-state index is 12.1. The summed E-state index contributed by atoms with van der Waals surface area (Å²) in [6, 6.07) is 6.84. The molecule has 3 aromatic rings. The van der Waals surface area contributed by atoms with Crippen molar-refractivity contribution in [2.45, 2.75) is 12.9 Å². The first-order chi connectivity index (χ1) is 11.4. The molecule has 0 aliphatic carbocycles. The molecule has 0 spiro atoms. The van der Waals surface area contributed by atoms with Gasteiger partial charge in [-0.3, -0.25) is 4.40 Å². The van der Waals surface area contributed by atoms with Crippen LogP contribution in [0.4, 0.5) is 13.2 Å². The third-order valence-corrected chi connectivity index (χ3v) is 3.21. The fourth-order valence-corrected chi connectivity index (χ4v) is 2.19. The summed E-state index contributed by atoms with van der Waals surface area (Å²) in [5.41, 5.74) is 0.306. The van der Waals surface area contributed by atoms with Crippen LogP contribution >= 0.6 is 0 Å². The van der Waals surface area contributed by atoms with E-state index < -0.39 is 6.36 Å². The Balaban J connectivity index is 1.60. The number of halogens is 3. The first-order valence-electron chi connectivity index (χ1n) is 6.93. The number of benzene rings is 1. The van der Waals surface area contributed by atoms with E-state index in [4.69, 9.17) is 4.74 Å². The van der Waals surface area contributed by atoms with Crippen molar-refractivity contribution in [3.05, 3.63) is 59.4 Å². The van der Waals surface area contributed by atoms with Gasteiger partial charge in [-0.05, 0) is 30.3 Å². The number of nitrogens with zero attached hydrogens (tertiary/aromatic N) is 3. The lowest BCUT2D eigenvalue weighted by atomic mass is 10.3. The average Bonchev–Trinajstić information content (AvgIpc) is 2.92. The predicted octanol–water partition coefficient (Wildman–Crippen LogP) is 2.47. The summed E-state index contributed by atoms with van der Waals surface area (Å²) in [5, 5.41) is 0. The van der Waals surface area contributed by atoms with Gasteiger partial charge in [0.15, 0.2) is 0 Å². The maximum absolute atomic E-state index is 12.1. The van der Waals surface area contributed by atoms with E-state index in [1.807, 2.05) is 4.57 Å². The first kappa shape index (κ1) is 15.9. The molecule has 2 aromatic heterocycles. The zero-order chi connectivity index (χ0) is 17.2. The molecule has 0 fully saturated rings. The third kappa shape index (κ3) is 3.67. The van der Waals surface area contributed by atoms with Crippen LogP contribution in [-0.2, 0) is 6.54 Å². The summed E-state index contributed by atoms with van der Waals surface area (Å²) in [5.74, 6) is 0.109. The Morgan fingerprint density at radius 3 is 2.46 bits per heavy atom. The van der Waals surface area contributed by atoms with Crippen LogP contribution < -0.4 is 15.2 Å². The zero-order valence-corrected chi connectivity index (χ0v) is 12.2. The Bertz CT molecular complexity index is 885. The molecule has 126 valence electrons. The number of imidazole rings is 1. The lowest BCUT2D eigenvalue weighted by Gasteiger charge is -2.10. The van der Waals surface area contributed by atoms with Crippen LogP contribution in [0.5, 0.6) is 11.5 Å². The monoisotopic (exact) mass is 339 g/mol. The van der Waals surface area contributed by atoms with E-state index >= 15 is 0 Å². The predicted molar refractivity (Wildman–Crippen MR) is 78.1 cm³/mol. The quantitative estimate of drug-likeness (QED) is 0.717. The molecule has 2 heterocycles. The molecule has 0 atom stereocenters. The molecule has 1 aromatic carbocycles. The summed E-state index contributed by atoms with van der Waals surface area (Å²) < 4.78 is 48.7. The van der Waals surface area contributed by atoms with Gasteiger partial charge in [0.1, 0.15) is 23.8 Å². The minimum absolute atomic E-state index is 0.278. The second-order valence-corrected chi connectivity index (χ2v) is 4.81. The fraction of sp³-hybridized carbons (Fsp3) is 0.200. The number of aromatic nitrogens is 3. The van der Waals surface area contributed by atoms with Crippen molar-refractivity contribution in [3.8, 4) is 11.5 Å². The molecule has 0 aliphatic heterocycles. The van der Waals surface area contributed by atoms with Crippen LogP contribution in [0.3, 0.4) is 0 Å². The molecular formula is C15H12F3N3O3. The van der Waals surface area contributed by atoms with Gasteiger partial charge in [-0.15, -0.1) is 13.2 Å². The van der Waals surface area contributed by atoms with Crippen molar-refractivity contribution in [3.63, 3.8) is 0 Å². The Hall–Kier alpha value is -2.97. The molecule has 6 nitrogen and oxygen atoms in total. The molecule has 0 saturated heterocycles. The first-order valence-corrected chi connectivity index (χ1v) is 6.93. The van der Waals surface area contributed by atoms with Crippen LogP contribution in [0, 0.1) is 0 Å². The van der Waals surface area contributed by atoms with Gasteiger partial charge in [-0.25, -0.2) is 9.78 Å². The van der Waals surface area contributed by atoms with Crippen molar-refractivity contribution in [1.29, 1.82) is 0 Å². The van der Waals surface area contributed by atoms with E-state index in [2.05, 4.69) is 9.72 Å². The molecule has 0 saturated carbocycles. The van der Waals surface area contributed by atoms with Crippen LogP contribution in [0.15, 0.2) is 53.7 Å². The normalized spacial score (nSPS) is 11.6. The molecule has 0 aliphatic rings. The second-order valence-electron chi connectivity index (χ2n) is 4.81. The van der Waals surface area contributed by atoms with Crippen LogP contribution in [-0.4, -0.2) is 26.9 Å². The SMILES string of the molecule is O=c1nccc2n(CCOc3ccc(OC(F)(F)F)cc3)ccn12. The number of rotatable bonds is 5. The smallest absolute Gasteiger partial charge is 0.492 e. The van der Waals surface area contributed by atoms with E-state index in [-0.39, 0.29) is 18.0 Å². The molecule has 0 N–H and O–H groups in total. The van der Waals surface area contributed by atoms with E-state index in [0.29, 0.717) is 17.9 Å². The molecule has 0 bridgehead atoms. The van der Waals surface area contributed by atoms with Gasteiger partial charge in [0.05, 0.1) is 6.54 Å². The largest absolute Gasteiger partial charge is 0.573 e. The lowest BCUT2D eigenvalue weighted by Crippen LogP contribution is -2.17. The second kappa shape index (κ2) is 6.26. The highest BCUT2D eigenvalue weighted by atomic mass is 19.4. The Labute approximate surface area is 133 Å². The highest BCUT2D eigenvalue weighted by Gasteiger charge is 2.30. The molecule has 0 unspecified atom stereocenters. The minimum atomic E-state index is -4.72. The average molecular weight is 339 g/mol. The summed E-state index contributed by atoms with van der Waals surface area (Å²) in [6.45, 7) is 0.737. The van der Waals surface area contributed by atoms with Gasteiger partial charge in [-0.1, -0.05) is 0 Å². The standard InChI is InChI=1S/C15H12F3N3O3/c16-15(17,18)24-12-3-1-11(2-4-12)23-10-9-20-7-8-21-13(20)5-6-19-14(21)22/h1-8H,9-10H2. The topological polar surface area (TPSA) is 57.8 Å². The summed E-state index contributed by atoms with van der Waals surface area (Å²) in [6.07, 6.45) is 0.0369. The van der Waals surface area contributed by atoms with E-state index in [0.717, 1.165) is 0 Å². The molecule has 3 rings (SSSR count). The lowest BCUT2D eigenvalue weighted by molar-refractivity contribution is -0.274. The summed E-state index contributed by atoms with van der Waals surface area (Å²) in [7, 11) is 0. The van der Waals surface area contributed by atoms with Crippen molar-refractivity contribution in [2.24, 2.45) is 0 Å². The molecular weight excluding hydrogens is 327 g/mol. The summed E-state index contributed by atoms with van der Waals surface area (Å²) in [4.78, 5) is 15.2. The van der Waals surface area contributed by atoms with Crippen molar-refractivity contribution in [1.82, 2.24) is 14.0 Å². The zero-order valence-electron chi connectivity index (χ0n) is 12.2. The van der Waals surface area contributed by atoms with Gasteiger partial charge < -0.3 is 14.0 Å². The number of ether oxygens (including phenoxy) is 2. The Morgan fingerprint density at radius 1 is 1.04 bits per heavy atom. The van der Waals surface area contributed by atoms with Crippen molar-refractivity contribution < 1.29 is 22.6 Å². The van der Waals surface area contributed by atoms with E-state index in [1.165, 1.54) is 34.9 Å². The van der Waals surface area contributed by atoms with Gasteiger partial charge in [0.2, 0.25) is 0 Å². The van der Waals surface area contributed by atoms with E-state index in [9.17, 15) is 18.0 Å². The summed E-state index contributed by atoms with van der Waals surface area (Å²) >= 11 is 0. The van der Waals surface area contributed by atoms with Gasteiger partial charge in [0, 0.05) is 18.6 Å². The molecule has 9 heteroatoms. The molecule has 24 heavy (non-hydrogen) atoms. The number of hydrogen-bond acceptors (Lipinski definition) is 4. The minimum Gasteiger partial charge on any atom is -0.492 e. The Kier molecular flexibility index (Phi) is 4.15. The van der Waals surface area contributed by atoms with Gasteiger partial charge in [0.25, 0.3) is 0 Å². The van der Waals surface area contributed by atoms with Gasteiger partial charge in [-0.2, -0.15) is 0 Å². The number of alkyl halides is 3. The van der Waals surface area contributed by atoms with Crippen LogP contribution in [0.25, 0.3) is 5.65 Å². The van der Waals surface area contributed by atoms with Crippen molar-refractivity contribution in [2.75, 3.05) is 6.61 Å². The Morgan fingerprint density at radius 2 is 1.75 bits per heavy atom. The third-order valence-electron chi connectivity index (χ3n) is 3.21. The molecule has 0 amide bonds. The highest BCUT2D eigenvalue weighted by Crippen LogP contribution is 2.24. The van der Waals surface area contributed by atoms with Crippen molar-refractivity contribution >= 4 is 5.65 Å². The highest BCUT2D eigenvalue weighted by molar-refractivity contribution is 5.38. The van der Waals surface area contributed by atoms with Crippen LogP contribution in [0.2, 0.25) is 0 Å². The molecule has 0 radical (unpaired) electrons. The van der Waals surface area contributed by atoms with Gasteiger partial charge >= 0.3 is 12.1 Å². The van der Waals surface area contributed by atoms with E-state index in [1.54, 1.807) is 18.5 Å². The fourth-order valence-electron chi connectivity index (χ4n) is 2.19. The number of fused-ring (bicyclic) bond motifs is 1.